The molecule has 1 unspecified atom stereocenters. The highest BCUT2D eigenvalue weighted by atomic mass is 16.6. The number of ether oxygens (including phenoxy) is 2. The molecule has 3 rings (SSSR count). The highest BCUT2D eigenvalue weighted by molar-refractivity contribution is 6.02. The average molecular weight is 390 g/mol. The Hall–Kier alpha value is -3.14. The Morgan fingerprint density at radius 3 is 2.14 bits per heavy atom. The van der Waals surface area contributed by atoms with E-state index >= 15 is 0 Å². The molecule has 0 N–H and O–H groups in total. The van der Waals surface area contributed by atoms with Gasteiger partial charge in [0.1, 0.15) is 0 Å². The normalized spacial score (nSPS) is 16.9. The third kappa shape index (κ3) is 4.02. The Morgan fingerprint density at radius 2 is 1.52 bits per heavy atom. The highest BCUT2D eigenvalue weighted by Crippen LogP contribution is 2.45. The van der Waals surface area contributed by atoms with Crippen molar-refractivity contribution in [1.29, 1.82) is 0 Å². The van der Waals surface area contributed by atoms with Crippen molar-refractivity contribution in [3.8, 4) is 0 Å². The molecule has 0 heterocycles. The molecule has 4 nitrogen and oxygen atoms in total. The summed E-state index contributed by atoms with van der Waals surface area (Å²) in [5.74, 6) is -1.62. The van der Waals surface area contributed by atoms with Crippen LogP contribution in [0.2, 0.25) is 0 Å². The zero-order chi connectivity index (χ0) is 20.9. The zero-order valence-corrected chi connectivity index (χ0v) is 17.1. The quantitative estimate of drug-likeness (QED) is 0.514. The lowest BCUT2D eigenvalue weighted by Crippen LogP contribution is -2.44. The minimum absolute atomic E-state index is 0.199. The van der Waals surface area contributed by atoms with Gasteiger partial charge in [-0.05, 0) is 49.1 Å². The minimum atomic E-state index is -1.46. The molecular weight excluding hydrogens is 364 g/mol. The largest absolute Gasteiger partial charge is 0.465 e. The average Bonchev–Trinajstić information content (AvgIpc) is 2.74. The number of allylic oxidation sites excluding steroid dienone is 3. The second-order valence-electron chi connectivity index (χ2n) is 7.08. The lowest BCUT2D eigenvalue weighted by Gasteiger charge is -2.35. The SMILES string of the molecule is CCOC(=O)C(C)(C(=O)OCC)C1C=C/C(=C\c2ccccc2)c2ccccc21. The number of benzene rings is 2. The van der Waals surface area contributed by atoms with Gasteiger partial charge in [-0.15, -0.1) is 0 Å². The standard InChI is InChI=1S/C25H26O4/c1-4-28-23(26)25(3,24(27)29-5-2)22-16-15-19(17-18-11-7-6-8-12-18)20-13-9-10-14-21(20)22/h6-17,22H,4-5H2,1-3H3/b19-17+. The first-order valence-electron chi connectivity index (χ1n) is 9.91. The Bertz CT molecular complexity index is 922. The van der Waals surface area contributed by atoms with E-state index in [2.05, 4.69) is 6.08 Å². The molecule has 1 atom stereocenters. The first-order valence-corrected chi connectivity index (χ1v) is 9.91. The van der Waals surface area contributed by atoms with E-state index < -0.39 is 23.3 Å². The monoisotopic (exact) mass is 390 g/mol. The van der Waals surface area contributed by atoms with Crippen LogP contribution in [0.25, 0.3) is 11.6 Å². The zero-order valence-electron chi connectivity index (χ0n) is 17.1. The molecule has 0 saturated carbocycles. The molecule has 1 aliphatic carbocycles. The van der Waals surface area contributed by atoms with E-state index in [0.29, 0.717) is 0 Å². The predicted octanol–water partition coefficient (Wildman–Crippen LogP) is 5.01. The molecule has 4 heteroatoms. The van der Waals surface area contributed by atoms with Gasteiger partial charge in [0.25, 0.3) is 0 Å². The Morgan fingerprint density at radius 1 is 0.931 bits per heavy atom. The number of carbonyl (C=O) groups excluding carboxylic acids is 2. The van der Waals surface area contributed by atoms with Gasteiger partial charge in [-0.3, -0.25) is 9.59 Å². The number of rotatable bonds is 6. The van der Waals surface area contributed by atoms with Crippen LogP contribution in [0.3, 0.4) is 0 Å². The van der Waals surface area contributed by atoms with Crippen LogP contribution in [0.1, 0.15) is 43.4 Å². The van der Waals surface area contributed by atoms with Crippen LogP contribution in [-0.2, 0) is 19.1 Å². The van der Waals surface area contributed by atoms with Crippen molar-refractivity contribution in [3.63, 3.8) is 0 Å². The van der Waals surface area contributed by atoms with E-state index in [4.69, 9.17) is 9.47 Å². The molecule has 0 amide bonds. The van der Waals surface area contributed by atoms with Gasteiger partial charge in [0.2, 0.25) is 0 Å². The molecule has 0 saturated heterocycles. The smallest absolute Gasteiger partial charge is 0.324 e. The second-order valence-corrected chi connectivity index (χ2v) is 7.08. The summed E-state index contributed by atoms with van der Waals surface area (Å²) >= 11 is 0. The fraction of sp³-hybridized carbons (Fsp3) is 0.280. The summed E-state index contributed by atoms with van der Waals surface area (Å²) in [4.78, 5) is 25.8. The first kappa shape index (κ1) is 20.6. The number of hydrogen-bond acceptors (Lipinski definition) is 4. The predicted molar refractivity (Wildman–Crippen MR) is 114 cm³/mol. The van der Waals surface area contributed by atoms with Crippen LogP contribution in [0.4, 0.5) is 0 Å². The van der Waals surface area contributed by atoms with E-state index in [1.165, 1.54) is 0 Å². The summed E-state index contributed by atoms with van der Waals surface area (Å²) in [6.45, 7) is 5.47. The van der Waals surface area contributed by atoms with Crippen molar-refractivity contribution in [2.75, 3.05) is 13.2 Å². The van der Waals surface area contributed by atoms with Gasteiger partial charge in [-0.2, -0.15) is 0 Å². The Labute approximate surface area is 171 Å². The van der Waals surface area contributed by atoms with Crippen LogP contribution in [-0.4, -0.2) is 25.2 Å². The van der Waals surface area contributed by atoms with Gasteiger partial charge < -0.3 is 9.47 Å². The van der Waals surface area contributed by atoms with Crippen molar-refractivity contribution in [1.82, 2.24) is 0 Å². The molecule has 2 aromatic carbocycles. The molecule has 0 aromatic heterocycles. The summed E-state index contributed by atoms with van der Waals surface area (Å²) in [5.41, 5.74) is 2.54. The maximum Gasteiger partial charge on any atom is 0.324 e. The van der Waals surface area contributed by atoms with Gasteiger partial charge in [-0.25, -0.2) is 0 Å². The number of carbonyl (C=O) groups is 2. The molecule has 0 radical (unpaired) electrons. The summed E-state index contributed by atoms with van der Waals surface area (Å²) in [5, 5.41) is 0. The maximum absolute atomic E-state index is 12.9. The van der Waals surface area contributed by atoms with E-state index in [0.717, 1.165) is 22.3 Å². The van der Waals surface area contributed by atoms with Gasteiger partial charge in [0.05, 0.1) is 13.2 Å². The molecule has 1 aliphatic rings. The van der Waals surface area contributed by atoms with Crippen molar-refractivity contribution < 1.29 is 19.1 Å². The number of hydrogen-bond donors (Lipinski definition) is 0. The minimum Gasteiger partial charge on any atom is -0.465 e. The fourth-order valence-electron chi connectivity index (χ4n) is 3.68. The van der Waals surface area contributed by atoms with Gasteiger partial charge >= 0.3 is 11.9 Å². The maximum atomic E-state index is 12.9. The van der Waals surface area contributed by atoms with Crippen molar-refractivity contribution in [2.24, 2.45) is 5.41 Å². The molecule has 150 valence electrons. The summed E-state index contributed by atoms with van der Waals surface area (Å²) < 4.78 is 10.6. The van der Waals surface area contributed by atoms with Gasteiger partial charge in [-0.1, -0.05) is 66.7 Å². The van der Waals surface area contributed by atoms with Crippen molar-refractivity contribution in [2.45, 2.75) is 26.7 Å². The van der Waals surface area contributed by atoms with Gasteiger partial charge in [0.15, 0.2) is 5.41 Å². The van der Waals surface area contributed by atoms with Crippen LogP contribution < -0.4 is 0 Å². The molecular formula is C25H26O4. The lowest BCUT2D eigenvalue weighted by atomic mass is 9.69. The number of fused-ring (bicyclic) bond motifs is 1. The number of esters is 2. The van der Waals surface area contributed by atoms with Crippen LogP contribution in [0.15, 0.2) is 66.7 Å². The van der Waals surface area contributed by atoms with Crippen LogP contribution >= 0.6 is 0 Å². The van der Waals surface area contributed by atoms with Gasteiger partial charge in [0, 0.05) is 5.92 Å². The molecule has 29 heavy (non-hydrogen) atoms. The van der Waals surface area contributed by atoms with E-state index in [9.17, 15) is 9.59 Å². The Kier molecular flexibility index (Phi) is 6.32. The van der Waals surface area contributed by atoms with E-state index in [-0.39, 0.29) is 13.2 Å². The lowest BCUT2D eigenvalue weighted by molar-refractivity contribution is -0.171. The third-order valence-corrected chi connectivity index (χ3v) is 5.22. The molecule has 2 aromatic rings. The molecule has 0 spiro atoms. The van der Waals surface area contributed by atoms with Crippen molar-refractivity contribution >= 4 is 23.6 Å². The van der Waals surface area contributed by atoms with Crippen LogP contribution in [0.5, 0.6) is 0 Å². The molecule has 0 fully saturated rings. The third-order valence-electron chi connectivity index (χ3n) is 5.22. The fourth-order valence-corrected chi connectivity index (χ4v) is 3.68. The second kappa shape index (κ2) is 8.91. The van der Waals surface area contributed by atoms with Crippen molar-refractivity contribution in [3.05, 3.63) is 83.4 Å². The highest BCUT2D eigenvalue weighted by Gasteiger charge is 2.51. The van der Waals surface area contributed by atoms with Crippen LogP contribution in [0, 0.1) is 5.41 Å². The molecule has 0 aliphatic heterocycles. The molecule has 0 bridgehead atoms. The van der Waals surface area contributed by atoms with E-state index in [1.807, 2.05) is 66.7 Å². The summed E-state index contributed by atoms with van der Waals surface area (Å²) in [7, 11) is 0. The van der Waals surface area contributed by atoms with E-state index in [1.54, 1.807) is 20.8 Å². The Balaban J connectivity index is 2.10. The summed E-state index contributed by atoms with van der Waals surface area (Å²) in [6.07, 6.45) is 5.97. The first-order chi connectivity index (χ1) is 14.0. The summed E-state index contributed by atoms with van der Waals surface area (Å²) in [6, 6.07) is 17.9. The topological polar surface area (TPSA) is 52.6 Å².